The van der Waals surface area contributed by atoms with Crippen LogP contribution in [0.5, 0.6) is 5.75 Å². The van der Waals surface area contributed by atoms with Crippen molar-refractivity contribution in [3.63, 3.8) is 0 Å². The lowest BCUT2D eigenvalue weighted by Gasteiger charge is -2.22. The van der Waals surface area contributed by atoms with Gasteiger partial charge in [0.15, 0.2) is 13.2 Å². The molecule has 0 saturated carbocycles. The van der Waals surface area contributed by atoms with E-state index in [9.17, 15) is 19.2 Å². The number of ether oxygens (including phenoxy) is 2. The van der Waals surface area contributed by atoms with Crippen molar-refractivity contribution in [2.45, 2.75) is 6.42 Å². The lowest BCUT2D eigenvalue weighted by molar-refractivity contribution is -0.147. The Balaban J connectivity index is 1.76. The largest absolute Gasteiger partial charge is 0.484 e. The first-order valence-corrected chi connectivity index (χ1v) is 9.19. The van der Waals surface area contributed by atoms with E-state index in [1.165, 1.54) is 4.90 Å². The third-order valence-electron chi connectivity index (χ3n) is 3.85. The number of rotatable bonds is 11. The summed E-state index contributed by atoms with van der Waals surface area (Å²) in [5.74, 6) is -1.83. The first kappa shape index (κ1) is 22.4. The van der Waals surface area contributed by atoms with Crippen LogP contribution in [0.1, 0.15) is 6.42 Å². The lowest BCUT2D eigenvalue weighted by atomic mass is 10.2. The number of esters is 1. The molecule has 0 aliphatic heterocycles. The van der Waals surface area contributed by atoms with Crippen molar-refractivity contribution in [3.05, 3.63) is 60.7 Å². The second-order valence-electron chi connectivity index (χ2n) is 6.14. The molecule has 30 heavy (non-hydrogen) atoms. The lowest BCUT2D eigenvalue weighted by Crippen LogP contribution is -2.39. The number of nitrogens with zero attached hydrogens (tertiary/aromatic N) is 1. The van der Waals surface area contributed by atoms with Crippen LogP contribution in [-0.4, -0.2) is 50.0 Å². The van der Waals surface area contributed by atoms with Crippen LogP contribution in [0, 0.1) is 0 Å². The summed E-state index contributed by atoms with van der Waals surface area (Å²) in [5.41, 5.74) is 5.71. The van der Waals surface area contributed by atoms with Gasteiger partial charge in [0.25, 0.3) is 11.8 Å². The van der Waals surface area contributed by atoms with E-state index in [4.69, 9.17) is 15.2 Å². The summed E-state index contributed by atoms with van der Waals surface area (Å²) in [6.07, 6.45) is -0.0357. The molecule has 0 atom stereocenters. The maximum atomic E-state index is 12.4. The van der Waals surface area contributed by atoms with Crippen LogP contribution in [0.2, 0.25) is 0 Å². The predicted octanol–water partition coefficient (Wildman–Crippen LogP) is 0.633. The van der Waals surface area contributed by atoms with Gasteiger partial charge in [-0.2, -0.15) is 0 Å². The van der Waals surface area contributed by atoms with Crippen LogP contribution in [-0.2, 0) is 23.9 Å². The van der Waals surface area contributed by atoms with Crippen LogP contribution in [0.3, 0.4) is 0 Å². The summed E-state index contributed by atoms with van der Waals surface area (Å²) in [5, 5.41) is 2.35. The van der Waals surface area contributed by atoms with E-state index in [0.717, 1.165) is 0 Å². The van der Waals surface area contributed by atoms with Crippen molar-refractivity contribution in [1.82, 2.24) is 5.32 Å². The molecule has 0 aromatic heterocycles. The average molecular weight is 413 g/mol. The molecule has 0 saturated heterocycles. The Morgan fingerprint density at radius 3 is 2.17 bits per heavy atom. The highest BCUT2D eigenvalue weighted by Gasteiger charge is 2.18. The summed E-state index contributed by atoms with van der Waals surface area (Å²) in [6, 6.07) is 17.4. The smallest absolute Gasteiger partial charge is 0.325 e. The molecule has 2 aromatic carbocycles. The second kappa shape index (κ2) is 11.8. The molecular weight excluding hydrogens is 390 g/mol. The van der Waals surface area contributed by atoms with Crippen molar-refractivity contribution in [3.8, 4) is 5.75 Å². The highest BCUT2D eigenvalue weighted by Crippen LogP contribution is 2.14. The van der Waals surface area contributed by atoms with Gasteiger partial charge in [-0.1, -0.05) is 36.4 Å². The minimum atomic E-state index is -0.778. The zero-order chi connectivity index (χ0) is 21.8. The van der Waals surface area contributed by atoms with Crippen molar-refractivity contribution in [1.29, 1.82) is 0 Å². The molecule has 9 nitrogen and oxygen atoms in total. The third kappa shape index (κ3) is 8.01. The summed E-state index contributed by atoms with van der Waals surface area (Å²) in [7, 11) is 0. The SMILES string of the molecule is NC(=O)CCN(C(=O)COC(=O)CNC(=O)COc1ccccc1)c1ccccc1. The highest BCUT2D eigenvalue weighted by atomic mass is 16.5. The van der Waals surface area contributed by atoms with Crippen molar-refractivity contribution < 1.29 is 28.7 Å². The number of hydrogen-bond donors (Lipinski definition) is 2. The van der Waals surface area contributed by atoms with Crippen LogP contribution < -0.4 is 20.7 Å². The maximum absolute atomic E-state index is 12.4. The summed E-state index contributed by atoms with van der Waals surface area (Å²) in [4.78, 5) is 48.4. The number of hydrogen-bond acceptors (Lipinski definition) is 6. The van der Waals surface area contributed by atoms with Gasteiger partial charge in [0.2, 0.25) is 5.91 Å². The molecule has 2 aromatic rings. The molecule has 0 bridgehead atoms. The van der Waals surface area contributed by atoms with E-state index in [-0.39, 0.29) is 19.6 Å². The standard InChI is InChI=1S/C21H23N3O6/c22-18(25)11-12-24(16-7-3-1-4-8-16)20(27)15-30-21(28)13-23-19(26)14-29-17-9-5-2-6-10-17/h1-10H,11-15H2,(H2,22,25)(H,23,26). The molecule has 0 heterocycles. The fourth-order valence-corrected chi connectivity index (χ4v) is 2.39. The fraction of sp³-hybridized carbons (Fsp3) is 0.238. The molecule has 0 spiro atoms. The number of para-hydroxylation sites is 2. The molecule has 0 aliphatic carbocycles. The molecule has 0 radical (unpaired) electrons. The zero-order valence-corrected chi connectivity index (χ0v) is 16.3. The molecular formula is C21H23N3O6. The Morgan fingerprint density at radius 1 is 0.900 bits per heavy atom. The number of carbonyl (C=O) groups excluding carboxylic acids is 4. The van der Waals surface area contributed by atoms with Gasteiger partial charge in [-0.15, -0.1) is 0 Å². The van der Waals surface area contributed by atoms with Gasteiger partial charge >= 0.3 is 5.97 Å². The van der Waals surface area contributed by atoms with E-state index in [1.54, 1.807) is 54.6 Å². The van der Waals surface area contributed by atoms with Gasteiger partial charge in [0, 0.05) is 18.7 Å². The Bertz CT molecular complexity index is 858. The highest BCUT2D eigenvalue weighted by molar-refractivity contribution is 5.96. The molecule has 0 aliphatic rings. The quantitative estimate of drug-likeness (QED) is 0.520. The zero-order valence-electron chi connectivity index (χ0n) is 16.3. The summed E-state index contributed by atoms with van der Waals surface area (Å²) >= 11 is 0. The summed E-state index contributed by atoms with van der Waals surface area (Å²) < 4.78 is 10.2. The van der Waals surface area contributed by atoms with Crippen LogP contribution in [0.4, 0.5) is 5.69 Å². The first-order chi connectivity index (χ1) is 14.5. The van der Waals surface area contributed by atoms with Crippen molar-refractivity contribution >= 4 is 29.4 Å². The number of carbonyl (C=O) groups is 4. The fourth-order valence-electron chi connectivity index (χ4n) is 2.39. The van der Waals surface area contributed by atoms with E-state index < -0.39 is 36.8 Å². The number of primary amides is 1. The number of nitrogens with one attached hydrogen (secondary N) is 1. The van der Waals surface area contributed by atoms with E-state index >= 15 is 0 Å². The Hall–Kier alpha value is -3.88. The number of amides is 3. The minimum Gasteiger partial charge on any atom is -0.484 e. The normalized spacial score (nSPS) is 10.0. The van der Waals surface area contributed by atoms with Crippen molar-refractivity contribution in [2.75, 3.05) is 31.2 Å². The average Bonchev–Trinajstić information content (AvgIpc) is 2.76. The Morgan fingerprint density at radius 2 is 1.53 bits per heavy atom. The topological polar surface area (TPSA) is 128 Å². The maximum Gasteiger partial charge on any atom is 0.325 e. The molecule has 158 valence electrons. The van der Waals surface area contributed by atoms with Crippen LogP contribution in [0.15, 0.2) is 60.7 Å². The van der Waals surface area contributed by atoms with Gasteiger partial charge in [-0.3, -0.25) is 19.2 Å². The number of nitrogens with two attached hydrogens (primary N) is 1. The molecule has 0 unspecified atom stereocenters. The van der Waals surface area contributed by atoms with E-state index in [0.29, 0.717) is 11.4 Å². The summed E-state index contributed by atoms with van der Waals surface area (Å²) in [6.45, 7) is -1.14. The molecule has 2 rings (SSSR count). The number of anilines is 1. The van der Waals surface area contributed by atoms with Gasteiger partial charge in [0.05, 0.1) is 0 Å². The first-order valence-electron chi connectivity index (χ1n) is 9.19. The number of benzene rings is 2. The second-order valence-corrected chi connectivity index (χ2v) is 6.14. The predicted molar refractivity (Wildman–Crippen MR) is 109 cm³/mol. The van der Waals surface area contributed by atoms with Gasteiger partial charge < -0.3 is 25.4 Å². The molecule has 3 amide bonds. The molecule has 9 heteroatoms. The van der Waals surface area contributed by atoms with Gasteiger partial charge in [-0.25, -0.2) is 0 Å². The van der Waals surface area contributed by atoms with Gasteiger partial charge in [0.1, 0.15) is 12.3 Å². The Labute approximate surface area is 173 Å². The minimum absolute atomic E-state index is 0.0357. The molecule has 0 fully saturated rings. The van der Waals surface area contributed by atoms with E-state index in [2.05, 4.69) is 5.32 Å². The third-order valence-corrected chi connectivity index (χ3v) is 3.85. The van der Waals surface area contributed by atoms with E-state index in [1.807, 2.05) is 6.07 Å². The molecule has 3 N–H and O–H groups in total. The van der Waals surface area contributed by atoms with Crippen LogP contribution >= 0.6 is 0 Å². The Kier molecular flexibility index (Phi) is 8.85. The van der Waals surface area contributed by atoms with Crippen LogP contribution in [0.25, 0.3) is 0 Å². The van der Waals surface area contributed by atoms with Gasteiger partial charge in [-0.05, 0) is 24.3 Å². The monoisotopic (exact) mass is 413 g/mol. The van der Waals surface area contributed by atoms with Crippen molar-refractivity contribution in [2.24, 2.45) is 5.73 Å².